The van der Waals surface area contributed by atoms with Crippen LogP contribution in [0.2, 0.25) is 0 Å². The van der Waals surface area contributed by atoms with Gasteiger partial charge in [-0.25, -0.2) is 9.59 Å². The van der Waals surface area contributed by atoms with Gasteiger partial charge < -0.3 is 4.74 Å². The lowest BCUT2D eigenvalue weighted by Gasteiger charge is -2.21. The highest BCUT2D eigenvalue weighted by atomic mass is 35.5. The molecule has 0 aliphatic rings. The van der Waals surface area contributed by atoms with Crippen molar-refractivity contribution >= 4 is 29.3 Å². The van der Waals surface area contributed by atoms with Crippen LogP contribution >= 0.6 is 11.6 Å². The maximum Gasteiger partial charge on any atom is 0.413 e. The third kappa shape index (κ3) is 4.20. The van der Waals surface area contributed by atoms with Gasteiger partial charge in [0.25, 0.3) is 5.56 Å². The van der Waals surface area contributed by atoms with Gasteiger partial charge in [0.05, 0.1) is 5.88 Å². The van der Waals surface area contributed by atoms with Gasteiger partial charge in [-0.05, 0) is 27.7 Å². The minimum atomic E-state index is -0.911. The molecule has 0 aromatic carbocycles. The monoisotopic (exact) mass is 331 g/mol. The summed E-state index contributed by atoms with van der Waals surface area (Å²) in [5.74, 6) is -1.40. The largest absolute Gasteiger partial charge is 0.444 e. The molecule has 0 aliphatic carbocycles. The Morgan fingerprint density at radius 1 is 1.32 bits per heavy atom. The molecule has 1 heterocycles. The molecule has 0 atom stereocenters. The lowest BCUT2D eigenvalue weighted by atomic mass is 10.2. The first kappa shape index (κ1) is 18.0. The number of amides is 1. The second-order valence-electron chi connectivity index (χ2n) is 5.41. The Morgan fingerprint density at radius 2 is 1.91 bits per heavy atom. The number of Topliss-reactive ketones (excluding diaryl/α,β-unsaturated/α-hetero) is 1. The van der Waals surface area contributed by atoms with E-state index in [1.165, 1.54) is 0 Å². The van der Waals surface area contributed by atoms with Gasteiger partial charge in [0.1, 0.15) is 17.0 Å². The Kier molecular flexibility index (Phi) is 5.54. The third-order valence-electron chi connectivity index (χ3n) is 2.54. The lowest BCUT2D eigenvalue weighted by molar-refractivity contribution is 0.0634. The molecule has 0 radical (unpaired) electrons. The Labute approximate surface area is 131 Å². The highest BCUT2D eigenvalue weighted by molar-refractivity contribution is 6.31. The summed E-state index contributed by atoms with van der Waals surface area (Å²) in [5, 5.41) is 2.29. The van der Waals surface area contributed by atoms with Crippen LogP contribution < -0.4 is 16.6 Å². The number of carbonyl (C=O) groups excluding carboxylic acids is 2. The number of carbonyl (C=O) groups is 2. The van der Waals surface area contributed by atoms with E-state index in [0.717, 1.165) is 4.57 Å². The quantitative estimate of drug-likeness (QED) is 0.638. The van der Waals surface area contributed by atoms with Gasteiger partial charge in [0.2, 0.25) is 0 Å². The van der Waals surface area contributed by atoms with E-state index in [0.29, 0.717) is 0 Å². The summed E-state index contributed by atoms with van der Waals surface area (Å²) in [7, 11) is 0. The maximum absolute atomic E-state index is 11.9. The number of halogens is 1. The Bertz CT molecular complexity index is 699. The molecule has 0 saturated carbocycles. The predicted molar refractivity (Wildman–Crippen MR) is 81.9 cm³/mol. The Hall–Kier alpha value is -2.09. The number of nitrogens with zero attached hydrogens (tertiary/aromatic N) is 1. The fourth-order valence-electron chi connectivity index (χ4n) is 1.73. The van der Waals surface area contributed by atoms with Crippen molar-refractivity contribution in [2.75, 3.05) is 11.2 Å². The van der Waals surface area contributed by atoms with Crippen molar-refractivity contribution in [3.05, 3.63) is 26.4 Å². The molecule has 1 aromatic rings. The van der Waals surface area contributed by atoms with Crippen molar-refractivity contribution in [3.63, 3.8) is 0 Å². The van der Waals surface area contributed by atoms with E-state index in [4.69, 9.17) is 16.3 Å². The zero-order chi connectivity index (χ0) is 17.1. The first-order valence-electron chi connectivity index (χ1n) is 6.57. The number of anilines is 1. The minimum Gasteiger partial charge on any atom is -0.444 e. The van der Waals surface area contributed by atoms with E-state index in [-0.39, 0.29) is 17.9 Å². The van der Waals surface area contributed by atoms with Crippen LogP contribution in [0.4, 0.5) is 10.6 Å². The van der Waals surface area contributed by atoms with E-state index < -0.39 is 34.6 Å². The van der Waals surface area contributed by atoms with E-state index in [1.807, 2.05) is 4.98 Å². The molecule has 0 unspecified atom stereocenters. The Morgan fingerprint density at radius 3 is 2.36 bits per heavy atom. The van der Waals surface area contributed by atoms with Crippen molar-refractivity contribution in [1.82, 2.24) is 9.55 Å². The summed E-state index contributed by atoms with van der Waals surface area (Å²) in [5.41, 5.74) is -2.82. The van der Waals surface area contributed by atoms with Crippen LogP contribution in [0.3, 0.4) is 0 Å². The number of aromatic amines is 1. The summed E-state index contributed by atoms with van der Waals surface area (Å²) >= 11 is 5.48. The van der Waals surface area contributed by atoms with Gasteiger partial charge in [0, 0.05) is 6.54 Å². The number of aromatic nitrogens is 2. The molecule has 22 heavy (non-hydrogen) atoms. The highest BCUT2D eigenvalue weighted by Crippen LogP contribution is 2.14. The second kappa shape index (κ2) is 6.78. The second-order valence-corrected chi connectivity index (χ2v) is 5.68. The molecule has 0 fully saturated rings. The SMILES string of the molecule is CCn1c(NC(=O)OC(C)(C)C)c(C(=O)CCl)c(=O)[nH]c1=O. The fourth-order valence-corrected chi connectivity index (χ4v) is 1.86. The molecule has 0 aliphatic heterocycles. The summed E-state index contributed by atoms with van der Waals surface area (Å²) in [6.45, 7) is 6.71. The van der Waals surface area contributed by atoms with Gasteiger partial charge in [-0.1, -0.05) is 0 Å². The van der Waals surface area contributed by atoms with E-state index in [2.05, 4.69) is 5.32 Å². The van der Waals surface area contributed by atoms with Gasteiger partial charge in [-0.3, -0.25) is 24.5 Å². The van der Waals surface area contributed by atoms with Crippen LogP contribution in [-0.4, -0.2) is 32.9 Å². The van der Waals surface area contributed by atoms with Gasteiger partial charge >= 0.3 is 11.8 Å². The molecular formula is C13H18ClN3O5. The molecule has 0 bridgehead atoms. The van der Waals surface area contributed by atoms with Gasteiger partial charge in [-0.2, -0.15) is 0 Å². The van der Waals surface area contributed by atoms with Crippen molar-refractivity contribution in [1.29, 1.82) is 0 Å². The van der Waals surface area contributed by atoms with E-state index in [9.17, 15) is 19.2 Å². The van der Waals surface area contributed by atoms with Gasteiger partial charge in [-0.15, -0.1) is 11.6 Å². The lowest BCUT2D eigenvalue weighted by Crippen LogP contribution is -2.38. The zero-order valence-electron chi connectivity index (χ0n) is 12.8. The maximum atomic E-state index is 11.9. The molecule has 0 spiro atoms. The highest BCUT2D eigenvalue weighted by Gasteiger charge is 2.24. The average Bonchev–Trinajstić information content (AvgIpc) is 2.35. The molecule has 1 amide bonds. The molecule has 8 nitrogen and oxygen atoms in total. The number of hydrogen-bond donors (Lipinski definition) is 2. The van der Waals surface area contributed by atoms with Crippen LogP contribution in [0.1, 0.15) is 38.1 Å². The minimum absolute atomic E-state index is 0.128. The van der Waals surface area contributed by atoms with Crippen LogP contribution in [0.15, 0.2) is 9.59 Å². The zero-order valence-corrected chi connectivity index (χ0v) is 13.5. The summed E-state index contributed by atoms with van der Waals surface area (Å²) in [6, 6.07) is 0. The third-order valence-corrected chi connectivity index (χ3v) is 2.78. The molecule has 122 valence electrons. The topological polar surface area (TPSA) is 110 Å². The van der Waals surface area contributed by atoms with Crippen LogP contribution in [0.25, 0.3) is 0 Å². The standard InChI is InChI=1S/C13H18ClN3O5/c1-5-17-9(15-12(21)22-13(2,3)4)8(7(18)6-14)10(19)16-11(17)20/h5-6H2,1-4H3,(H,15,21)(H,16,19,20). The average molecular weight is 332 g/mol. The fraction of sp³-hybridized carbons (Fsp3) is 0.538. The summed E-state index contributed by atoms with van der Waals surface area (Å²) < 4.78 is 6.11. The predicted octanol–water partition coefficient (Wildman–Crippen LogP) is 1.32. The van der Waals surface area contributed by atoms with Gasteiger partial charge in [0.15, 0.2) is 5.78 Å². The molecule has 2 N–H and O–H groups in total. The number of rotatable bonds is 4. The number of alkyl halides is 1. The van der Waals surface area contributed by atoms with E-state index in [1.54, 1.807) is 27.7 Å². The number of ether oxygens (including phenoxy) is 1. The molecule has 0 saturated heterocycles. The van der Waals surface area contributed by atoms with Crippen molar-refractivity contribution in [2.24, 2.45) is 0 Å². The molecule has 1 rings (SSSR count). The van der Waals surface area contributed by atoms with Crippen LogP contribution in [0.5, 0.6) is 0 Å². The first-order valence-corrected chi connectivity index (χ1v) is 7.10. The van der Waals surface area contributed by atoms with Crippen LogP contribution in [0, 0.1) is 0 Å². The summed E-state index contributed by atoms with van der Waals surface area (Å²) in [6.07, 6.45) is -0.886. The Balaban J connectivity index is 3.43. The molecule has 1 aromatic heterocycles. The summed E-state index contributed by atoms with van der Waals surface area (Å²) in [4.78, 5) is 49.4. The number of ketones is 1. The molecule has 9 heteroatoms. The normalized spacial score (nSPS) is 11.1. The van der Waals surface area contributed by atoms with Crippen molar-refractivity contribution in [3.8, 4) is 0 Å². The smallest absolute Gasteiger partial charge is 0.413 e. The number of nitrogens with one attached hydrogen (secondary N) is 2. The molecular weight excluding hydrogens is 314 g/mol. The number of hydrogen-bond acceptors (Lipinski definition) is 5. The van der Waals surface area contributed by atoms with Crippen LogP contribution in [-0.2, 0) is 11.3 Å². The first-order chi connectivity index (χ1) is 10.1. The van der Waals surface area contributed by atoms with Crippen molar-refractivity contribution < 1.29 is 14.3 Å². The van der Waals surface area contributed by atoms with E-state index >= 15 is 0 Å². The van der Waals surface area contributed by atoms with Crippen molar-refractivity contribution in [2.45, 2.75) is 39.8 Å². The number of H-pyrrole nitrogens is 1.